The van der Waals surface area contributed by atoms with E-state index in [0.29, 0.717) is 17.6 Å². The molecule has 0 saturated heterocycles. The first kappa shape index (κ1) is 16.9. The maximum absolute atomic E-state index is 12.0. The van der Waals surface area contributed by atoms with Crippen molar-refractivity contribution in [3.8, 4) is 5.75 Å². The van der Waals surface area contributed by atoms with Crippen molar-refractivity contribution >= 4 is 13.9 Å². The lowest BCUT2D eigenvalue weighted by molar-refractivity contribution is 0.0318. The number of rotatable bonds is 6. The van der Waals surface area contributed by atoms with Crippen molar-refractivity contribution in [3.63, 3.8) is 0 Å². The second kappa shape index (κ2) is 6.08. The molecule has 0 atom stereocenters. The minimum Gasteiger partial charge on any atom is -0.474 e. The molecular weight excluding hydrogens is 279 g/mol. The van der Waals surface area contributed by atoms with Crippen LogP contribution in [-0.2, 0) is 4.57 Å². The lowest BCUT2D eigenvalue weighted by Gasteiger charge is -2.41. The Morgan fingerprint density at radius 1 is 1.10 bits per heavy atom. The average molecular weight is 300 g/mol. The summed E-state index contributed by atoms with van der Waals surface area (Å²) in [6, 6.07) is 6.18. The molecular formula is C14H21O5P. The summed E-state index contributed by atoms with van der Waals surface area (Å²) in [4.78, 5) is 30.1. The number of carbonyl (C=O) groups is 1. The van der Waals surface area contributed by atoms with Gasteiger partial charge in [-0.3, -0.25) is 9.36 Å². The zero-order valence-corrected chi connectivity index (χ0v) is 13.0. The quantitative estimate of drug-likeness (QED) is 0.623. The molecule has 0 aliphatic heterocycles. The van der Waals surface area contributed by atoms with Crippen LogP contribution in [0.3, 0.4) is 0 Å². The molecule has 1 rings (SSSR count). The molecule has 0 heterocycles. The molecule has 0 amide bonds. The van der Waals surface area contributed by atoms with Gasteiger partial charge >= 0.3 is 7.60 Å². The largest absolute Gasteiger partial charge is 0.474 e. The predicted molar refractivity (Wildman–Crippen MR) is 76.9 cm³/mol. The third kappa shape index (κ3) is 3.11. The van der Waals surface area contributed by atoms with Crippen LogP contribution in [0.2, 0.25) is 0 Å². The maximum Gasteiger partial charge on any atom is 0.369 e. The van der Waals surface area contributed by atoms with Crippen molar-refractivity contribution in [3.05, 3.63) is 29.8 Å². The topological polar surface area (TPSA) is 83.8 Å². The Labute approximate surface area is 119 Å². The Hall–Kier alpha value is -1.16. The summed E-state index contributed by atoms with van der Waals surface area (Å²) in [5.74, 6) is -0.426. The van der Waals surface area contributed by atoms with Crippen LogP contribution in [-0.4, -0.2) is 21.4 Å². The van der Waals surface area contributed by atoms with E-state index in [1.165, 1.54) is 0 Å². The highest BCUT2D eigenvalue weighted by molar-refractivity contribution is 7.53. The monoisotopic (exact) mass is 300 g/mol. The van der Waals surface area contributed by atoms with Gasteiger partial charge in [-0.2, -0.15) is 0 Å². The second-order valence-corrected chi connectivity index (χ2v) is 7.18. The molecule has 6 heteroatoms. The van der Waals surface area contributed by atoms with Crippen LogP contribution in [0, 0.1) is 11.8 Å². The normalized spacial score (nSPS) is 12.8. The van der Waals surface area contributed by atoms with Gasteiger partial charge < -0.3 is 14.5 Å². The standard InChI is InChI=1S/C14H21O5P/c1-10(2)14(11(3)4,20(16,17)18)19-13-7-5-12(9-15)6-8-13/h5-11H,1-4H3,(H2,16,17,18). The molecule has 1 aromatic carbocycles. The van der Waals surface area contributed by atoms with Crippen molar-refractivity contribution in [1.29, 1.82) is 0 Å². The zero-order valence-electron chi connectivity index (χ0n) is 12.1. The van der Waals surface area contributed by atoms with Crippen LogP contribution in [0.5, 0.6) is 5.75 Å². The van der Waals surface area contributed by atoms with Crippen LogP contribution in [0.1, 0.15) is 38.1 Å². The Kier molecular flexibility index (Phi) is 5.14. The fourth-order valence-corrected chi connectivity index (χ4v) is 4.01. The minimum absolute atomic E-state index is 0.335. The Morgan fingerprint density at radius 3 is 1.85 bits per heavy atom. The number of ether oxygens (including phenoxy) is 1. The van der Waals surface area contributed by atoms with Gasteiger partial charge in [0.05, 0.1) is 0 Å². The Bertz CT molecular complexity index is 493. The Morgan fingerprint density at radius 2 is 1.55 bits per heavy atom. The van der Waals surface area contributed by atoms with Crippen molar-refractivity contribution < 1.29 is 23.9 Å². The molecule has 5 nitrogen and oxygen atoms in total. The van der Waals surface area contributed by atoms with E-state index >= 15 is 0 Å². The van der Waals surface area contributed by atoms with Crippen LogP contribution < -0.4 is 4.74 Å². The third-order valence-corrected chi connectivity index (χ3v) is 5.44. The van der Waals surface area contributed by atoms with Crippen molar-refractivity contribution in [1.82, 2.24) is 0 Å². The van der Waals surface area contributed by atoms with E-state index in [9.17, 15) is 19.1 Å². The van der Waals surface area contributed by atoms with E-state index in [1.54, 1.807) is 52.0 Å². The van der Waals surface area contributed by atoms with Gasteiger partial charge in [0.15, 0.2) is 0 Å². The second-order valence-electron chi connectivity index (χ2n) is 5.39. The molecule has 0 bridgehead atoms. The maximum atomic E-state index is 12.0. The smallest absolute Gasteiger partial charge is 0.369 e. The first-order valence-electron chi connectivity index (χ1n) is 6.45. The van der Waals surface area contributed by atoms with Gasteiger partial charge in [0.25, 0.3) is 0 Å². The highest BCUT2D eigenvalue weighted by Crippen LogP contribution is 2.58. The van der Waals surface area contributed by atoms with Crippen molar-refractivity contribution in [2.24, 2.45) is 11.8 Å². The predicted octanol–water partition coefficient (Wildman–Crippen LogP) is 3.06. The molecule has 0 aromatic heterocycles. The van der Waals surface area contributed by atoms with E-state index in [4.69, 9.17) is 4.74 Å². The van der Waals surface area contributed by atoms with E-state index in [-0.39, 0.29) is 11.8 Å². The molecule has 0 spiro atoms. The highest BCUT2D eigenvalue weighted by Gasteiger charge is 2.54. The first-order chi connectivity index (χ1) is 9.15. The zero-order chi connectivity index (χ0) is 15.6. The lowest BCUT2D eigenvalue weighted by Crippen LogP contribution is -2.46. The molecule has 0 radical (unpaired) electrons. The lowest BCUT2D eigenvalue weighted by atomic mass is 9.95. The van der Waals surface area contributed by atoms with Crippen LogP contribution in [0.4, 0.5) is 0 Å². The molecule has 0 saturated carbocycles. The summed E-state index contributed by atoms with van der Waals surface area (Å²) in [6.07, 6.45) is 0.699. The molecule has 20 heavy (non-hydrogen) atoms. The van der Waals surface area contributed by atoms with Gasteiger partial charge in [-0.25, -0.2) is 0 Å². The van der Waals surface area contributed by atoms with Gasteiger partial charge in [0.1, 0.15) is 12.0 Å². The number of hydrogen-bond donors (Lipinski definition) is 2. The van der Waals surface area contributed by atoms with E-state index in [1.807, 2.05) is 0 Å². The number of carbonyl (C=O) groups excluding carboxylic acids is 1. The molecule has 2 N–H and O–H groups in total. The fraction of sp³-hybridized carbons (Fsp3) is 0.500. The van der Waals surface area contributed by atoms with Gasteiger partial charge in [0, 0.05) is 17.4 Å². The molecule has 0 aliphatic carbocycles. The summed E-state index contributed by atoms with van der Waals surface area (Å²) < 4.78 is 17.7. The molecule has 112 valence electrons. The van der Waals surface area contributed by atoms with Gasteiger partial charge in [0.2, 0.25) is 5.34 Å². The van der Waals surface area contributed by atoms with Crippen LogP contribution >= 0.6 is 7.60 Å². The van der Waals surface area contributed by atoms with Crippen molar-refractivity contribution in [2.75, 3.05) is 0 Å². The number of aldehydes is 1. The third-order valence-electron chi connectivity index (χ3n) is 3.41. The van der Waals surface area contributed by atoms with Crippen LogP contribution in [0.25, 0.3) is 0 Å². The first-order valence-corrected chi connectivity index (χ1v) is 8.06. The van der Waals surface area contributed by atoms with E-state index in [2.05, 4.69) is 0 Å². The van der Waals surface area contributed by atoms with Gasteiger partial charge in [-0.15, -0.1) is 0 Å². The SMILES string of the molecule is CC(C)C(Oc1ccc(C=O)cc1)(C(C)C)P(=O)(O)O. The summed E-state index contributed by atoms with van der Waals surface area (Å²) in [6.45, 7) is 6.88. The highest BCUT2D eigenvalue weighted by atomic mass is 31.2. The van der Waals surface area contributed by atoms with Gasteiger partial charge in [-0.1, -0.05) is 27.7 Å². The fourth-order valence-electron chi connectivity index (χ4n) is 2.44. The van der Waals surface area contributed by atoms with Crippen LogP contribution in [0.15, 0.2) is 24.3 Å². The van der Waals surface area contributed by atoms with Crippen molar-refractivity contribution in [2.45, 2.75) is 33.0 Å². The number of hydrogen-bond acceptors (Lipinski definition) is 3. The summed E-state index contributed by atoms with van der Waals surface area (Å²) >= 11 is 0. The van der Waals surface area contributed by atoms with E-state index in [0.717, 1.165) is 0 Å². The summed E-state index contributed by atoms with van der Waals surface area (Å²) in [7, 11) is -4.50. The summed E-state index contributed by atoms with van der Waals surface area (Å²) in [5, 5.41) is -1.59. The molecule has 0 fully saturated rings. The molecule has 0 aliphatic rings. The molecule has 1 aromatic rings. The minimum atomic E-state index is -4.50. The summed E-state index contributed by atoms with van der Waals surface area (Å²) in [5.41, 5.74) is 0.480. The molecule has 0 unspecified atom stereocenters. The van der Waals surface area contributed by atoms with Gasteiger partial charge in [-0.05, 0) is 24.3 Å². The Balaban J connectivity index is 3.24. The van der Waals surface area contributed by atoms with E-state index < -0.39 is 12.9 Å². The number of benzene rings is 1. The average Bonchev–Trinajstić information content (AvgIpc) is 2.34.